The SMILES string of the molecule is Cc1ccc(Br)cc1C(=O)N1CCC(C)(C)C(O)C1. The number of aliphatic hydroxyl groups excluding tert-OH is 1. The molecule has 3 nitrogen and oxygen atoms in total. The van der Waals surface area contributed by atoms with Crippen LogP contribution in [0, 0.1) is 12.3 Å². The van der Waals surface area contributed by atoms with Gasteiger partial charge in [-0.1, -0.05) is 35.8 Å². The Morgan fingerprint density at radius 3 is 2.79 bits per heavy atom. The molecule has 1 aromatic carbocycles. The first-order valence-corrected chi connectivity index (χ1v) is 7.34. The van der Waals surface area contributed by atoms with Crippen LogP contribution in [0.2, 0.25) is 0 Å². The molecular formula is C15H20BrNO2. The van der Waals surface area contributed by atoms with E-state index in [0.717, 1.165) is 16.5 Å². The van der Waals surface area contributed by atoms with E-state index < -0.39 is 6.10 Å². The zero-order valence-electron chi connectivity index (χ0n) is 11.6. The predicted octanol–water partition coefficient (Wildman–Crippen LogP) is 2.99. The number of carbonyl (C=O) groups excluding carboxylic acids is 1. The number of nitrogens with zero attached hydrogens (tertiary/aromatic N) is 1. The van der Waals surface area contributed by atoms with E-state index in [1.807, 2.05) is 39.0 Å². The van der Waals surface area contributed by atoms with Gasteiger partial charge in [0.25, 0.3) is 5.91 Å². The second kappa shape index (κ2) is 5.25. The summed E-state index contributed by atoms with van der Waals surface area (Å²) in [5.41, 5.74) is 1.57. The Kier molecular flexibility index (Phi) is 4.02. The van der Waals surface area contributed by atoms with Crippen LogP contribution in [-0.4, -0.2) is 35.1 Å². The molecule has 19 heavy (non-hydrogen) atoms. The zero-order chi connectivity index (χ0) is 14.2. The van der Waals surface area contributed by atoms with E-state index in [-0.39, 0.29) is 11.3 Å². The van der Waals surface area contributed by atoms with Gasteiger partial charge in [-0.25, -0.2) is 0 Å². The number of benzene rings is 1. The van der Waals surface area contributed by atoms with E-state index in [1.165, 1.54) is 0 Å². The second-order valence-corrected chi connectivity index (χ2v) is 6.88. The molecule has 1 aromatic rings. The van der Waals surface area contributed by atoms with Crippen LogP contribution >= 0.6 is 15.9 Å². The van der Waals surface area contributed by atoms with Gasteiger partial charge in [0, 0.05) is 23.1 Å². The highest BCUT2D eigenvalue weighted by Crippen LogP contribution is 2.31. The van der Waals surface area contributed by atoms with Crippen molar-refractivity contribution in [1.82, 2.24) is 4.90 Å². The summed E-state index contributed by atoms with van der Waals surface area (Å²) in [5.74, 6) is 0.00773. The Morgan fingerprint density at radius 1 is 1.47 bits per heavy atom. The van der Waals surface area contributed by atoms with Crippen LogP contribution < -0.4 is 0 Å². The molecular weight excluding hydrogens is 306 g/mol. The van der Waals surface area contributed by atoms with Gasteiger partial charge in [0.05, 0.1) is 6.10 Å². The summed E-state index contributed by atoms with van der Waals surface area (Å²) < 4.78 is 0.902. The van der Waals surface area contributed by atoms with Crippen LogP contribution in [0.4, 0.5) is 0 Å². The Bertz CT molecular complexity index is 499. The molecule has 1 saturated heterocycles. The molecule has 2 rings (SSSR count). The van der Waals surface area contributed by atoms with Crippen molar-refractivity contribution in [3.8, 4) is 0 Å². The minimum Gasteiger partial charge on any atom is -0.391 e. The number of amides is 1. The number of carbonyl (C=O) groups is 1. The maximum atomic E-state index is 12.5. The summed E-state index contributed by atoms with van der Waals surface area (Å²) in [6.45, 7) is 7.14. The molecule has 4 heteroatoms. The maximum Gasteiger partial charge on any atom is 0.254 e. The molecule has 1 atom stereocenters. The first-order valence-electron chi connectivity index (χ1n) is 6.55. The lowest BCUT2D eigenvalue weighted by Crippen LogP contribution is -2.50. The summed E-state index contributed by atoms with van der Waals surface area (Å²) >= 11 is 3.40. The van der Waals surface area contributed by atoms with E-state index >= 15 is 0 Å². The fraction of sp³-hybridized carbons (Fsp3) is 0.533. The van der Waals surface area contributed by atoms with Gasteiger partial charge in [0.2, 0.25) is 0 Å². The number of aryl methyl sites for hydroxylation is 1. The number of rotatable bonds is 1. The third kappa shape index (κ3) is 3.00. The summed E-state index contributed by atoms with van der Waals surface area (Å²) in [5, 5.41) is 10.1. The zero-order valence-corrected chi connectivity index (χ0v) is 13.2. The lowest BCUT2D eigenvalue weighted by Gasteiger charge is -2.41. The smallest absolute Gasteiger partial charge is 0.254 e. The van der Waals surface area contributed by atoms with Gasteiger partial charge in [-0.2, -0.15) is 0 Å². The number of halogens is 1. The normalized spacial score (nSPS) is 22.4. The lowest BCUT2D eigenvalue weighted by molar-refractivity contribution is -0.0191. The van der Waals surface area contributed by atoms with Gasteiger partial charge in [-0.3, -0.25) is 4.79 Å². The first kappa shape index (κ1) is 14.5. The highest BCUT2D eigenvalue weighted by molar-refractivity contribution is 9.10. The molecule has 1 heterocycles. The first-order chi connectivity index (χ1) is 8.81. The minimum atomic E-state index is -0.461. The van der Waals surface area contributed by atoms with Crippen LogP contribution in [0.5, 0.6) is 0 Å². The van der Waals surface area contributed by atoms with Crippen LogP contribution in [0.25, 0.3) is 0 Å². The van der Waals surface area contributed by atoms with E-state index in [4.69, 9.17) is 0 Å². The number of hydrogen-bond acceptors (Lipinski definition) is 2. The van der Waals surface area contributed by atoms with Crippen molar-refractivity contribution in [2.45, 2.75) is 33.3 Å². The number of aliphatic hydroxyl groups is 1. The van der Waals surface area contributed by atoms with Crippen LogP contribution in [0.3, 0.4) is 0 Å². The van der Waals surface area contributed by atoms with E-state index in [9.17, 15) is 9.90 Å². The largest absolute Gasteiger partial charge is 0.391 e. The number of likely N-dealkylation sites (tertiary alicyclic amines) is 1. The monoisotopic (exact) mass is 325 g/mol. The van der Waals surface area contributed by atoms with Crippen molar-refractivity contribution >= 4 is 21.8 Å². The van der Waals surface area contributed by atoms with E-state index in [1.54, 1.807) is 4.90 Å². The minimum absolute atomic E-state index is 0.00773. The van der Waals surface area contributed by atoms with Crippen molar-refractivity contribution < 1.29 is 9.90 Å². The average molecular weight is 326 g/mol. The van der Waals surface area contributed by atoms with Crippen molar-refractivity contribution in [2.24, 2.45) is 5.41 Å². The Hall–Kier alpha value is -0.870. The van der Waals surface area contributed by atoms with Gasteiger partial charge < -0.3 is 10.0 Å². The third-order valence-electron chi connectivity index (χ3n) is 4.04. The van der Waals surface area contributed by atoms with Crippen LogP contribution in [-0.2, 0) is 0 Å². The third-order valence-corrected chi connectivity index (χ3v) is 4.53. The molecule has 1 amide bonds. The number of hydrogen-bond donors (Lipinski definition) is 1. The summed E-state index contributed by atoms with van der Waals surface area (Å²) in [4.78, 5) is 14.3. The van der Waals surface area contributed by atoms with E-state index in [2.05, 4.69) is 15.9 Å². The summed E-state index contributed by atoms with van der Waals surface area (Å²) in [6, 6.07) is 5.71. The van der Waals surface area contributed by atoms with Crippen molar-refractivity contribution in [3.05, 3.63) is 33.8 Å². The topological polar surface area (TPSA) is 40.5 Å². The molecule has 0 aromatic heterocycles. The number of piperidine rings is 1. The Labute approximate surface area is 122 Å². The van der Waals surface area contributed by atoms with Gasteiger partial charge >= 0.3 is 0 Å². The molecule has 1 aliphatic heterocycles. The van der Waals surface area contributed by atoms with Crippen LogP contribution in [0.1, 0.15) is 36.2 Å². The van der Waals surface area contributed by atoms with E-state index in [0.29, 0.717) is 18.7 Å². The molecule has 0 aliphatic carbocycles. The van der Waals surface area contributed by atoms with Gasteiger partial charge in [0.15, 0.2) is 0 Å². The highest BCUT2D eigenvalue weighted by atomic mass is 79.9. The van der Waals surface area contributed by atoms with Gasteiger partial charge in [0.1, 0.15) is 0 Å². The van der Waals surface area contributed by atoms with Gasteiger partial charge in [-0.05, 0) is 36.5 Å². The fourth-order valence-corrected chi connectivity index (χ4v) is 2.68. The van der Waals surface area contributed by atoms with Crippen molar-refractivity contribution in [3.63, 3.8) is 0 Å². The molecule has 1 fully saturated rings. The quantitative estimate of drug-likeness (QED) is 0.862. The predicted molar refractivity (Wildman–Crippen MR) is 79.2 cm³/mol. The standard InChI is InChI=1S/C15H20BrNO2/c1-10-4-5-11(16)8-12(10)14(19)17-7-6-15(2,3)13(18)9-17/h4-5,8,13,18H,6-7,9H2,1-3H3. The van der Waals surface area contributed by atoms with Crippen molar-refractivity contribution in [1.29, 1.82) is 0 Å². The molecule has 104 valence electrons. The lowest BCUT2D eigenvalue weighted by atomic mass is 9.80. The molecule has 0 bridgehead atoms. The Balaban J connectivity index is 2.19. The van der Waals surface area contributed by atoms with Gasteiger partial charge in [-0.15, -0.1) is 0 Å². The fourth-order valence-electron chi connectivity index (χ4n) is 2.32. The molecule has 1 N–H and O–H groups in total. The van der Waals surface area contributed by atoms with Crippen molar-refractivity contribution in [2.75, 3.05) is 13.1 Å². The second-order valence-electron chi connectivity index (χ2n) is 5.96. The molecule has 1 unspecified atom stereocenters. The summed E-state index contributed by atoms with van der Waals surface area (Å²) in [6.07, 6.45) is 0.366. The Morgan fingerprint density at radius 2 is 2.16 bits per heavy atom. The summed E-state index contributed by atoms with van der Waals surface area (Å²) in [7, 11) is 0. The highest BCUT2D eigenvalue weighted by Gasteiger charge is 2.36. The molecule has 1 aliphatic rings. The maximum absolute atomic E-state index is 12.5. The van der Waals surface area contributed by atoms with Crippen LogP contribution in [0.15, 0.2) is 22.7 Å². The molecule has 0 saturated carbocycles. The molecule has 0 spiro atoms. The average Bonchev–Trinajstić information content (AvgIpc) is 2.35. The molecule has 0 radical (unpaired) electrons. The number of β-amino-alcohol motifs (C(OH)–C–C–N with tert-alkyl or cyclic N) is 1.